The first-order valence-electron chi connectivity index (χ1n) is 14.4. The fourth-order valence-electron chi connectivity index (χ4n) is 5.64. The largest absolute Gasteiger partial charge is 0.466 e. The molecule has 12 heteroatoms. The number of aliphatic imine (C=N–C) groups is 1. The van der Waals surface area contributed by atoms with Crippen LogP contribution >= 0.6 is 11.3 Å². The molecule has 0 radical (unpaired) electrons. The van der Waals surface area contributed by atoms with Crippen molar-refractivity contribution in [3.63, 3.8) is 0 Å². The Morgan fingerprint density at radius 1 is 1.19 bits per heavy atom. The summed E-state index contributed by atoms with van der Waals surface area (Å²) in [7, 11) is 0. The van der Waals surface area contributed by atoms with E-state index >= 15 is 0 Å². The third kappa shape index (κ3) is 6.11. The zero-order valence-electron chi connectivity index (χ0n) is 24.9. The van der Waals surface area contributed by atoms with Crippen molar-refractivity contribution in [3.8, 4) is 0 Å². The Morgan fingerprint density at radius 2 is 1.95 bits per heavy atom. The number of rotatable bonds is 9. The van der Waals surface area contributed by atoms with E-state index in [1.807, 2.05) is 25.4 Å². The minimum atomic E-state index is -0.979. The van der Waals surface area contributed by atoms with Crippen LogP contribution in [-0.4, -0.2) is 45.8 Å². The molecule has 0 bridgehead atoms. The number of hydrogen-bond acceptors (Lipinski definition) is 9. The fraction of sp³-hybridized carbons (Fsp3) is 0.452. The van der Waals surface area contributed by atoms with Gasteiger partial charge in [0.15, 0.2) is 22.5 Å². The van der Waals surface area contributed by atoms with E-state index in [0.717, 1.165) is 17.3 Å². The molecule has 9 nitrogen and oxygen atoms in total. The van der Waals surface area contributed by atoms with Crippen molar-refractivity contribution in [3.05, 3.63) is 80.2 Å². The first-order valence-corrected chi connectivity index (χ1v) is 15.2. The van der Waals surface area contributed by atoms with Crippen molar-refractivity contribution in [2.45, 2.75) is 66.5 Å². The number of fused-ring (bicyclic) bond motifs is 1. The van der Waals surface area contributed by atoms with Crippen LogP contribution in [0.4, 0.5) is 8.78 Å². The molecule has 2 unspecified atom stereocenters. The smallest absolute Gasteiger partial charge is 0.338 e. The van der Waals surface area contributed by atoms with E-state index in [1.165, 1.54) is 24.3 Å². The molecule has 2 atom stereocenters. The third-order valence-corrected chi connectivity index (χ3v) is 8.57. The van der Waals surface area contributed by atoms with E-state index in [4.69, 9.17) is 19.6 Å². The van der Waals surface area contributed by atoms with Gasteiger partial charge >= 0.3 is 11.9 Å². The highest BCUT2D eigenvalue weighted by atomic mass is 32.1. The van der Waals surface area contributed by atoms with Gasteiger partial charge in [0, 0.05) is 29.4 Å². The van der Waals surface area contributed by atoms with Crippen LogP contribution in [-0.2, 0) is 38.4 Å². The fourth-order valence-corrected chi connectivity index (χ4v) is 6.23. The number of amidine groups is 1. The lowest BCUT2D eigenvalue weighted by atomic mass is 9.81. The number of carbonyl (C=O) groups is 2. The van der Waals surface area contributed by atoms with Gasteiger partial charge in [-0.25, -0.2) is 18.6 Å². The highest BCUT2D eigenvalue weighted by Gasteiger charge is 2.39. The molecular weight excluding hydrogens is 576 g/mol. The minimum absolute atomic E-state index is 0.0757. The predicted molar refractivity (Wildman–Crippen MR) is 157 cm³/mol. The van der Waals surface area contributed by atoms with E-state index in [1.54, 1.807) is 24.7 Å². The van der Waals surface area contributed by atoms with Gasteiger partial charge in [-0.2, -0.15) is 5.10 Å². The van der Waals surface area contributed by atoms with Crippen LogP contribution in [0.2, 0.25) is 0 Å². The van der Waals surface area contributed by atoms with Crippen molar-refractivity contribution < 1.29 is 27.8 Å². The van der Waals surface area contributed by atoms with Crippen molar-refractivity contribution in [1.29, 1.82) is 0 Å². The molecule has 1 aliphatic heterocycles. The molecule has 2 aromatic heterocycles. The van der Waals surface area contributed by atoms with Crippen molar-refractivity contribution in [2.75, 3.05) is 13.2 Å². The van der Waals surface area contributed by atoms with Gasteiger partial charge in [0.2, 0.25) is 0 Å². The average Bonchev–Trinajstić information content (AvgIpc) is 3.65. The number of hydrogen-bond donors (Lipinski definition) is 1. The topological polar surface area (TPSA) is 108 Å². The molecule has 0 spiro atoms. The Balaban J connectivity index is 1.55. The van der Waals surface area contributed by atoms with Crippen LogP contribution in [0.15, 0.2) is 46.2 Å². The first kappa shape index (κ1) is 30.5. The van der Waals surface area contributed by atoms with Gasteiger partial charge in [-0.15, -0.1) is 11.3 Å². The maximum Gasteiger partial charge on any atom is 0.338 e. The lowest BCUT2D eigenvalue weighted by molar-refractivity contribution is -0.154. The van der Waals surface area contributed by atoms with Gasteiger partial charge in [-0.1, -0.05) is 6.07 Å². The summed E-state index contributed by atoms with van der Waals surface area (Å²) in [6.45, 7) is 9.44. The van der Waals surface area contributed by atoms with Gasteiger partial charge in [0.25, 0.3) is 0 Å². The molecule has 3 heterocycles. The average molecular weight is 612 g/mol. The van der Waals surface area contributed by atoms with E-state index in [0.29, 0.717) is 54.5 Å². The Labute approximate surface area is 253 Å². The molecule has 228 valence electrons. The van der Waals surface area contributed by atoms with E-state index in [2.05, 4.69) is 10.3 Å². The summed E-state index contributed by atoms with van der Waals surface area (Å²) in [5.41, 5.74) is 2.52. The lowest BCUT2D eigenvalue weighted by Crippen LogP contribution is -2.38. The van der Waals surface area contributed by atoms with Crippen LogP contribution in [0, 0.1) is 29.9 Å². The van der Waals surface area contributed by atoms with Gasteiger partial charge in [0.1, 0.15) is 6.04 Å². The van der Waals surface area contributed by atoms with Crippen LogP contribution in [0.3, 0.4) is 0 Å². The molecule has 1 aromatic carbocycles. The van der Waals surface area contributed by atoms with Gasteiger partial charge in [-0.3, -0.25) is 14.5 Å². The Hall–Kier alpha value is -3.93. The summed E-state index contributed by atoms with van der Waals surface area (Å²) in [5, 5.41) is 10.6. The molecule has 0 saturated carbocycles. The molecule has 0 saturated heterocycles. The van der Waals surface area contributed by atoms with Crippen molar-refractivity contribution >= 4 is 29.1 Å². The molecule has 1 N–H and O–H groups in total. The highest BCUT2D eigenvalue weighted by Crippen LogP contribution is 2.40. The zero-order chi connectivity index (χ0) is 30.9. The second-order valence-electron chi connectivity index (χ2n) is 11.3. The van der Waals surface area contributed by atoms with Gasteiger partial charge < -0.3 is 14.8 Å². The Morgan fingerprint density at radius 3 is 2.65 bits per heavy atom. The van der Waals surface area contributed by atoms with Crippen LogP contribution in [0.5, 0.6) is 0 Å². The summed E-state index contributed by atoms with van der Waals surface area (Å²) >= 11 is 1.38. The SMILES string of the molecule is CCOC(=O)C1=C(C2CCc3nn(CC(C)(C)C(=O)OCC)cc3C2)NC(c2nccs2)=NC1c1ccc(F)c(F)c1C. The Bertz CT molecular complexity index is 1600. The molecule has 1 aliphatic carbocycles. The second kappa shape index (κ2) is 12.4. The summed E-state index contributed by atoms with van der Waals surface area (Å²) in [5.74, 6) is -2.51. The van der Waals surface area contributed by atoms with Crippen molar-refractivity contribution in [2.24, 2.45) is 16.3 Å². The minimum Gasteiger partial charge on any atom is -0.466 e. The quantitative estimate of drug-likeness (QED) is 0.330. The normalized spacial score (nSPS) is 18.5. The van der Waals surface area contributed by atoms with Gasteiger partial charge in [0.05, 0.1) is 36.4 Å². The van der Waals surface area contributed by atoms with Gasteiger partial charge in [-0.05, 0) is 76.6 Å². The number of halogens is 2. The van der Waals surface area contributed by atoms with E-state index in [9.17, 15) is 18.4 Å². The molecule has 43 heavy (non-hydrogen) atoms. The van der Waals surface area contributed by atoms with Crippen LogP contribution in [0.25, 0.3) is 0 Å². The van der Waals surface area contributed by atoms with Crippen LogP contribution in [0.1, 0.15) is 67.5 Å². The van der Waals surface area contributed by atoms with Crippen LogP contribution < -0.4 is 5.32 Å². The Kier molecular flexibility index (Phi) is 8.77. The maximum absolute atomic E-state index is 14.8. The lowest BCUT2D eigenvalue weighted by Gasteiger charge is -2.33. The number of nitrogens with one attached hydrogen (secondary N) is 1. The maximum atomic E-state index is 14.8. The summed E-state index contributed by atoms with van der Waals surface area (Å²) in [6, 6.07) is 1.59. The number of aryl methyl sites for hydroxylation is 1. The summed E-state index contributed by atoms with van der Waals surface area (Å²) in [4.78, 5) is 35.3. The zero-order valence-corrected chi connectivity index (χ0v) is 25.7. The number of carbonyl (C=O) groups excluding carboxylic acids is 2. The first-order chi connectivity index (χ1) is 20.5. The number of nitrogens with zero attached hydrogens (tertiary/aromatic N) is 4. The molecule has 5 rings (SSSR count). The molecular formula is C31H35F2N5O4S. The molecule has 3 aromatic rings. The number of esters is 2. The van der Waals surface area contributed by atoms with E-state index in [-0.39, 0.29) is 29.6 Å². The number of allylic oxidation sites excluding steroid dienone is 1. The third-order valence-electron chi connectivity index (χ3n) is 7.80. The molecule has 0 amide bonds. The number of ether oxygens (including phenoxy) is 2. The number of aromatic nitrogens is 3. The van der Waals surface area contributed by atoms with E-state index < -0.39 is 29.1 Å². The monoisotopic (exact) mass is 611 g/mol. The summed E-state index contributed by atoms with van der Waals surface area (Å²) < 4.78 is 41.5. The van der Waals surface area contributed by atoms with Crippen molar-refractivity contribution in [1.82, 2.24) is 20.1 Å². The predicted octanol–water partition coefficient (Wildman–Crippen LogP) is 5.23. The standard InChI is InChI=1S/C31H35F2N5O4S/c1-6-41-29(39)23-25(18-8-11-22-19(14-18)15-38(37-22)16-31(4,5)30(40)42-7-2)35-27(28-34-12-13-43-28)36-26(23)20-9-10-21(32)24(33)17(20)3/h9-10,12-13,15,18,26H,6-8,11,14,16H2,1-5H3,(H,35,36). The molecule has 0 fully saturated rings. The molecule has 2 aliphatic rings. The summed E-state index contributed by atoms with van der Waals surface area (Å²) in [6.07, 6.45) is 5.49. The second-order valence-corrected chi connectivity index (χ2v) is 12.2. The number of thiazole rings is 1. The highest BCUT2D eigenvalue weighted by molar-refractivity contribution is 7.11. The number of benzene rings is 1.